The summed E-state index contributed by atoms with van der Waals surface area (Å²) in [6.45, 7) is 0.965. The highest BCUT2D eigenvalue weighted by molar-refractivity contribution is 6.35. The fraction of sp³-hybridized carbons (Fsp3) is 0.364. The first-order valence-electron chi connectivity index (χ1n) is 5.34. The van der Waals surface area contributed by atoms with Crippen molar-refractivity contribution < 1.29 is 23.9 Å². The summed E-state index contributed by atoms with van der Waals surface area (Å²) < 4.78 is 5.04. The second kappa shape index (κ2) is 4.52. The molecule has 0 bridgehead atoms. The molecule has 2 amide bonds. The molecule has 18 heavy (non-hydrogen) atoms. The smallest absolute Gasteiger partial charge is 0.338 e. The van der Waals surface area contributed by atoms with Crippen LogP contribution >= 0.6 is 0 Å². The molecule has 0 aliphatic carbocycles. The maximum atomic E-state index is 11.7. The van der Waals surface area contributed by atoms with Crippen molar-refractivity contribution in [2.45, 2.75) is 6.54 Å². The van der Waals surface area contributed by atoms with Crippen LogP contribution in [-0.4, -0.2) is 52.8 Å². The third-order valence-electron chi connectivity index (χ3n) is 2.77. The Hall–Kier alpha value is -2.31. The number of hydrogen-bond acceptors (Lipinski definition) is 4. The highest BCUT2D eigenvalue weighted by atomic mass is 16.4. The van der Waals surface area contributed by atoms with Crippen molar-refractivity contribution in [2.75, 3.05) is 20.1 Å². The Morgan fingerprint density at radius 1 is 1.39 bits per heavy atom. The molecule has 1 aliphatic heterocycles. The number of furan rings is 1. The normalized spacial score (nSPS) is 16.3. The highest BCUT2D eigenvalue weighted by Gasteiger charge is 2.30. The van der Waals surface area contributed by atoms with Gasteiger partial charge in [-0.05, 0) is 6.07 Å². The van der Waals surface area contributed by atoms with Gasteiger partial charge in [-0.1, -0.05) is 0 Å². The van der Waals surface area contributed by atoms with Crippen LogP contribution in [0.2, 0.25) is 0 Å². The summed E-state index contributed by atoms with van der Waals surface area (Å²) in [7, 11) is 1.56. The molecule has 0 aromatic carbocycles. The monoisotopic (exact) mass is 252 g/mol. The summed E-state index contributed by atoms with van der Waals surface area (Å²) in [5.41, 5.74) is 0.0258. The number of aromatic carboxylic acids is 1. The molecule has 1 N–H and O–H groups in total. The molecule has 1 aliphatic rings. The molecule has 0 atom stereocenters. The lowest BCUT2D eigenvalue weighted by molar-refractivity contribution is -0.155. The average Bonchev–Trinajstić information content (AvgIpc) is 2.79. The number of carbonyl (C=O) groups is 3. The summed E-state index contributed by atoms with van der Waals surface area (Å²) in [4.78, 5) is 36.5. The van der Waals surface area contributed by atoms with Crippen molar-refractivity contribution in [1.82, 2.24) is 9.80 Å². The zero-order valence-corrected chi connectivity index (χ0v) is 9.75. The molecule has 1 aromatic rings. The fourth-order valence-electron chi connectivity index (χ4n) is 1.69. The first kappa shape index (κ1) is 12.2. The third kappa shape index (κ3) is 2.20. The Kier molecular flexibility index (Phi) is 3.05. The molecule has 7 heteroatoms. The van der Waals surface area contributed by atoms with Gasteiger partial charge in [0.15, 0.2) is 0 Å². The van der Waals surface area contributed by atoms with Crippen LogP contribution in [-0.2, 0) is 16.1 Å². The number of amides is 2. The molecular formula is C11H12N2O5. The quantitative estimate of drug-likeness (QED) is 0.751. The van der Waals surface area contributed by atoms with Gasteiger partial charge in [0.1, 0.15) is 12.0 Å². The van der Waals surface area contributed by atoms with Crippen molar-refractivity contribution in [3.05, 3.63) is 23.7 Å². The molecule has 1 fully saturated rings. The minimum absolute atomic E-state index is 0.0258. The van der Waals surface area contributed by atoms with Gasteiger partial charge in [0, 0.05) is 20.1 Å². The van der Waals surface area contributed by atoms with E-state index in [-0.39, 0.29) is 12.1 Å². The van der Waals surface area contributed by atoms with E-state index in [1.165, 1.54) is 15.9 Å². The number of piperazine rings is 1. The number of likely N-dealkylation sites (N-methyl/N-ethyl adjacent to an activating group) is 1. The minimum Gasteiger partial charge on any atom is -0.478 e. The first-order chi connectivity index (χ1) is 8.49. The van der Waals surface area contributed by atoms with Gasteiger partial charge < -0.3 is 19.3 Å². The van der Waals surface area contributed by atoms with Crippen molar-refractivity contribution in [1.29, 1.82) is 0 Å². The van der Waals surface area contributed by atoms with Crippen LogP contribution in [0.25, 0.3) is 0 Å². The van der Waals surface area contributed by atoms with E-state index in [4.69, 9.17) is 9.52 Å². The van der Waals surface area contributed by atoms with E-state index in [9.17, 15) is 14.4 Å². The van der Waals surface area contributed by atoms with E-state index in [1.807, 2.05) is 0 Å². The van der Waals surface area contributed by atoms with Crippen LogP contribution in [0.3, 0.4) is 0 Å². The van der Waals surface area contributed by atoms with Gasteiger partial charge in [0.05, 0.1) is 12.1 Å². The molecule has 96 valence electrons. The lowest BCUT2D eigenvalue weighted by Crippen LogP contribution is -2.52. The van der Waals surface area contributed by atoms with Crippen molar-refractivity contribution in [3.63, 3.8) is 0 Å². The molecule has 0 radical (unpaired) electrons. The van der Waals surface area contributed by atoms with Gasteiger partial charge in [-0.25, -0.2) is 4.79 Å². The number of carboxylic acids is 1. The van der Waals surface area contributed by atoms with Crippen LogP contribution in [0.1, 0.15) is 16.1 Å². The Labute approximate surface area is 103 Å². The topological polar surface area (TPSA) is 91.1 Å². The van der Waals surface area contributed by atoms with Gasteiger partial charge >= 0.3 is 17.8 Å². The van der Waals surface area contributed by atoms with Crippen LogP contribution in [0.5, 0.6) is 0 Å². The van der Waals surface area contributed by atoms with Gasteiger partial charge in [0.25, 0.3) is 0 Å². The molecular weight excluding hydrogens is 240 g/mol. The number of carboxylic acid groups (broad SMARTS) is 1. The van der Waals surface area contributed by atoms with Gasteiger partial charge in [0.2, 0.25) is 0 Å². The van der Waals surface area contributed by atoms with Crippen molar-refractivity contribution >= 4 is 17.8 Å². The molecule has 2 heterocycles. The first-order valence-corrected chi connectivity index (χ1v) is 5.34. The van der Waals surface area contributed by atoms with E-state index in [2.05, 4.69) is 0 Å². The van der Waals surface area contributed by atoms with Gasteiger partial charge in [-0.3, -0.25) is 9.59 Å². The van der Waals surface area contributed by atoms with Crippen molar-refractivity contribution in [3.8, 4) is 0 Å². The molecule has 0 saturated carbocycles. The van der Waals surface area contributed by atoms with Gasteiger partial charge in [-0.15, -0.1) is 0 Å². The Morgan fingerprint density at radius 3 is 2.72 bits per heavy atom. The largest absolute Gasteiger partial charge is 0.478 e. The zero-order valence-electron chi connectivity index (χ0n) is 9.75. The zero-order chi connectivity index (χ0) is 13.3. The molecule has 2 rings (SSSR count). The fourth-order valence-corrected chi connectivity index (χ4v) is 1.69. The predicted molar refractivity (Wildman–Crippen MR) is 58.7 cm³/mol. The van der Waals surface area contributed by atoms with E-state index < -0.39 is 17.8 Å². The lowest BCUT2D eigenvalue weighted by atomic mass is 10.2. The maximum absolute atomic E-state index is 11.7. The Balaban J connectivity index is 2.07. The molecule has 0 spiro atoms. The maximum Gasteiger partial charge on any atom is 0.338 e. The summed E-state index contributed by atoms with van der Waals surface area (Å²) in [5, 5.41) is 8.73. The highest BCUT2D eigenvalue weighted by Crippen LogP contribution is 2.13. The number of rotatable bonds is 3. The van der Waals surface area contributed by atoms with Crippen LogP contribution in [0, 0.1) is 0 Å². The molecule has 1 aromatic heterocycles. The van der Waals surface area contributed by atoms with E-state index >= 15 is 0 Å². The van der Waals surface area contributed by atoms with Crippen LogP contribution in [0.15, 0.2) is 16.7 Å². The van der Waals surface area contributed by atoms with Crippen LogP contribution < -0.4 is 0 Å². The van der Waals surface area contributed by atoms with E-state index in [0.29, 0.717) is 18.8 Å². The summed E-state index contributed by atoms with van der Waals surface area (Å²) in [5.74, 6) is -1.91. The van der Waals surface area contributed by atoms with E-state index in [1.54, 1.807) is 7.05 Å². The molecule has 0 unspecified atom stereocenters. The predicted octanol–water partition coefficient (Wildman–Crippen LogP) is -0.222. The number of hydrogen-bond donors (Lipinski definition) is 1. The lowest BCUT2D eigenvalue weighted by Gasteiger charge is -2.30. The average molecular weight is 252 g/mol. The third-order valence-corrected chi connectivity index (χ3v) is 2.77. The summed E-state index contributed by atoms with van der Waals surface area (Å²) >= 11 is 0. The van der Waals surface area contributed by atoms with E-state index in [0.717, 1.165) is 6.26 Å². The van der Waals surface area contributed by atoms with Gasteiger partial charge in [-0.2, -0.15) is 0 Å². The molecule has 1 saturated heterocycles. The Bertz CT molecular complexity index is 507. The summed E-state index contributed by atoms with van der Waals surface area (Å²) in [6.07, 6.45) is 1.11. The number of carbonyl (C=O) groups excluding carboxylic acids is 2. The number of nitrogens with zero attached hydrogens (tertiary/aromatic N) is 2. The van der Waals surface area contributed by atoms with Crippen LogP contribution in [0.4, 0.5) is 0 Å². The Morgan fingerprint density at radius 2 is 2.11 bits per heavy atom. The van der Waals surface area contributed by atoms with Crippen molar-refractivity contribution in [2.24, 2.45) is 0 Å². The standard InChI is InChI=1S/C11H12N2O5/c1-12-2-3-13(10(15)9(12)14)5-8-4-7(6-18-8)11(16)17/h4,6H,2-3,5H2,1H3,(H,16,17). The second-order valence-corrected chi connectivity index (χ2v) is 4.06. The molecule has 7 nitrogen and oxygen atoms in total. The second-order valence-electron chi connectivity index (χ2n) is 4.06. The minimum atomic E-state index is -1.09. The SMILES string of the molecule is CN1CCN(Cc2cc(C(=O)O)co2)C(=O)C1=O. The summed E-state index contributed by atoms with van der Waals surface area (Å²) in [6, 6.07) is 1.35.